The van der Waals surface area contributed by atoms with Gasteiger partial charge in [0.1, 0.15) is 11.5 Å². The Kier molecular flexibility index (Phi) is 4.81. The molecule has 2 N–H and O–H groups in total. The molecule has 3 nitrogen and oxygen atoms in total. The average molecular weight is 258 g/mol. The molecule has 3 heteroatoms. The van der Waals surface area contributed by atoms with E-state index in [1.54, 1.807) is 24.3 Å². The first-order chi connectivity index (χ1) is 9.28. The molecule has 0 amide bonds. The highest BCUT2D eigenvalue weighted by atomic mass is 16.5. The fourth-order valence-corrected chi connectivity index (χ4v) is 1.91. The lowest BCUT2D eigenvalue weighted by Gasteiger charge is -2.15. The molecule has 0 fully saturated rings. The maximum Gasteiger partial charge on any atom is 0.122 e. The van der Waals surface area contributed by atoms with Gasteiger partial charge in [-0.1, -0.05) is 36.4 Å². The minimum atomic E-state index is 0.0461. The second-order valence-electron chi connectivity index (χ2n) is 4.55. The lowest BCUT2D eigenvalue weighted by atomic mass is 10.0. The highest BCUT2D eigenvalue weighted by Gasteiger charge is 2.09. The molecule has 0 radical (unpaired) electrons. The summed E-state index contributed by atoms with van der Waals surface area (Å²) >= 11 is 0. The maximum absolute atomic E-state index is 9.39. The van der Waals surface area contributed by atoms with E-state index in [0.29, 0.717) is 12.4 Å². The number of ether oxygens (including phenoxy) is 1. The number of phenolic OH excluding ortho intramolecular Hbond substituents is 1. The van der Waals surface area contributed by atoms with Gasteiger partial charge in [-0.2, -0.15) is 0 Å². The van der Waals surface area contributed by atoms with Crippen LogP contribution in [0.4, 0.5) is 0 Å². The summed E-state index contributed by atoms with van der Waals surface area (Å²) in [5, 5.41) is 18.7. The van der Waals surface area contributed by atoms with Crippen molar-refractivity contribution in [2.24, 2.45) is 5.92 Å². The van der Waals surface area contributed by atoms with Crippen LogP contribution in [-0.2, 0) is 6.42 Å². The molecule has 0 aromatic heterocycles. The van der Waals surface area contributed by atoms with Crippen molar-refractivity contribution in [2.45, 2.75) is 6.42 Å². The standard InChI is InChI=1S/C16H18O3/c17-11-14(9-13-5-2-1-3-6-13)12-19-16-8-4-7-15(18)10-16/h1-8,10,14,17-18H,9,11-12H2. The molecule has 1 unspecified atom stereocenters. The third kappa shape index (κ3) is 4.30. The number of aliphatic hydroxyl groups is 1. The Bertz CT molecular complexity index is 496. The van der Waals surface area contributed by atoms with Gasteiger partial charge in [-0.25, -0.2) is 0 Å². The molecule has 0 aliphatic carbocycles. The van der Waals surface area contributed by atoms with Crippen LogP contribution in [0.2, 0.25) is 0 Å². The van der Waals surface area contributed by atoms with Crippen LogP contribution in [0, 0.1) is 5.92 Å². The summed E-state index contributed by atoms with van der Waals surface area (Å²) in [5.74, 6) is 0.845. The smallest absolute Gasteiger partial charge is 0.122 e. The van der Waals surface area contributed by atoms with Gasteiger partial charge in [0.05, 0.1) is 6.61 Å². The van der Waals surface area contributed by atoms with Gasteiger partial charge in [0.25, 0.3) is 0 Å². The van der Waals surface area contributed by atoms with Gasteiger partial charge >= 0.3 is 0 Å². The Morgan fingerprint density at radius 1 is 1.00 bits per heavy atom. The Hall–Kier alpha value is -2.00. The monoisotopic (exact) mass is 258 g/mol. The lowest BCUT2D eigenvalue weighted by Crippen LogP contribution is -2.18. The van der Waals surface area contributed by atoms with E-state index in [4.69, 9.17) is 4.74 Å². The number of benzene rings is 2. The van der Waals surface area contributed by atoms with Crippen molar-refractivity contribution < 1.29 is 14.9 Å². The summed E-state index contributed by atoms with van der Waals surface area (Å²) < 4.78 is 5.59. The highest BCUT2D eigenvalue weighted by molar-refractivity contribution is 5.31. The number of aliphatic hydroxyl groups excluding tert-OH is 1. The normalized spacial score (nSPS) is 12.1. The summed E-state index contributed by atoms with van der Waals surface area (Å²) in [6.07, 6.45) is 0.774. The number of phenols is 1. The molecule has 2 aromatic rings. The quantitative estimate of drug-likeness (QED) is 0.837. The number of rotatable bonds is 6. The second kappa shape index (κ2) is 6.81. The number of hydrogen-bond donors (Lipinski definition) is 2. The topological polar surface area (TPSA) is 49.7 Å². The Morgan fingerprint density at radius 3 is 2.47 bits per heavy atom. The fraction of sp³-hybridized carbons (Fsp3) is 0.250. The van der Waals surface area contributed by atoms with E-state index in [9.17, 15) is 10.2 Å². The highest BCUT2D eigenvalue weighted by Crippen LogP contribution is 2.19. The largest absolute Gasteiger partial charge is 0.508 e. The molecule has 0 aliphatic rings. The zero-order valence-electron chi connectivity index (χ0n) is 10.7. The molecule has 0 aliphatic heterocycles. The second-order valence-corrected chi connectivity index (χ2v) is 4.55. The van der Waals surface area contributed by atoms with E-state index < -0.39 is 0 Å². The number of aromatic hydroxyl groups is 1. The van der Waals surface area contributed by atoms with Crippen molar-refractivity contribution in [1.82, 2.24) is 0 Å². The van der Waals surface area contributed by atoms with E-state index in [2.05, 4.69) is 0 Å². The molecular weight excluding hydrogens is 240 g/mol. The van der Waals surface area contributed by atoms with Crippen LogP contribution in [-0.4, -0.2) is 23.4 Å². The zero-order valence-corrected chi connectivity index (χ0v) is 10.7. The van der Waals surface area contributed by atoms with E-state index in [1.807, 2.05) is 30.3 Å². The Morgan fingerprint density at radius 2 is 1.79 bits per heavy atom. The lowest BCUT2D eigenvalue weighted by molar-refractivity contribution is 0.162. The summed E-state index contributed by atoms with van der Waals surface area (Å²) in [6, 6.07) is 16.7. The Balaban J connectivity index is 1.89. The summed E-state index contributed by atoms with van der Waals surface area (Å²) in [6.45, 7) is 0.503. The molecule has 1 atom stereocenters. The van der Waals surface area contributed by atoms with Gasteiger partial charge in [-0.05, 0) is 24.1 Å². The first-order valence-electron chi connectivity index (χ1n) is 6.34. The summed E-state index contributed by atoms with van der Waals surface area (Å²) in [4.78, 5) is 0. The molecular formula is C16H18O3. The summed E-state index contributed by atoms with van der Waals surface area (Å²) in [5.41, 5.74) is 1.18. The van der Waals surface area contributed by atoms with E-state index in [1.165, 1.54) is 5.56 Å². The van der Waals surface area contributed by atoms with Crippen LogP contribution < -0.4 is 4.74 Å². The average Bonchev–Trinajstić information content (AvgIpc) is 2.44. The third-order valence-corrected chi connectivity index (χ3v) is 2.93. The predicted octanol–water partition coefficient (Wildman–Crippen LogP) is 2.62. The summed E-state index contributed by atoms with van der Waals surface area (Å²) in [7, 11) is 0. The molecule has 100 valence electrons. The van der Waals surface area contributed by atoms with Gasteiger partial charge in [-0.3, -0.25) is 0 Å². The molecule has 0 bridgehead atoms. The third-order valence-electron chi connectivity index (χ3n) is 2.93. The maximum atomic E-state index is 9.39. The van der Waals surface area contributed by atoms with E-state index in [0.717, 1.165) is 6.42 Å². The van der Waals surface area contributed by atoms with Crippen molar-refractivity contribution in [2.75, 3.05) is 13.2 Å². The van der Waals surface area contributed by atoms with Crippen LogP contribution in [0.5, 0.6) is 11.5 Å². The van der Waals surface area contributed by atoms with Crippen molar-refractivity contribution in [1.29, 1.82) is 0 Å². The van der Waals surface area contributed by atoms with E-state index in [-0.39, 0.29) is 18.3 Å². The van der Waals surface area contributed by atoms with Gasteiger partial charge in [-0.15, -0.1) is 0 Å². The van der Waals surface area contributed by atoms with Crippen molar-refractivity contribution >= 4 is 0 Å². The van der Waals surface area contributed by atoms with Crippen LogP contribution in [0.3, 0.4) is 0 Å². The minimum absolute atomic E-state index is 0.0461. The van der Waals surface area contributed by atoms with Crippen LogP contribution >= 0.6 is 0 Å². The molecule has 0 saturated heterocycles. The molecule has 0 saturated carbocycles. The molecule has 0 spiro atoms. The minimum Gasteiger partial charge on any atom is -0.508 e. The van der Waals surface area contributed by atoms with Gasteiger partial charge in [0, 0.05) is 18.6 Å². The van der Waals surface area contributed by atoms with Crippen molar-refractivity contribution in [3.8, 4) is 11.5 Å². The first-order valence-corrected chi connectivity index (χ1v) is 6.34. The van der Waals surface area contributed by atoms with Gasteiger partial charge in [0.15, 0.2) is 0 Å². The Labute approximate surface area is 113 Å². The molecule has 2 aromatic carbocycles. The number of hydrogen-bond acceptors (Lipinski definition) is 3. The van der Waals surface area contributed by atoms with Gasteiger partial charge in [0.2, 0.25) is 0 Å². The van der Waals surface area contributed by atoms with Crippen LogP contribution in [0.25, 0.3) is 0 Å². The van der Waals surface area contributed by atoms with Crippen molar-refractivity contribution in [3.05, 3.63) is 60.2 Å². The molecule has 19 heavy (non-hydrogen) atoms. The SMILES string of the molecule is OCC(COc1cccc(O)c1)Cc1ccccc1. The van der Waals surface area contributed by atoms with Crippen LogP contribution in [0.1, 0.15) is 5.56 Å². The van der Waals surface area contributed by atoms with E-state index >= 15 is 0 Å². The molecule has 2 rings (SSSR count). The zero-order chi connectivity index (χ0) is 13.5. The predicted molar refractivity (Wildman–Crippen MR) is 74.3 cm³/mol. The molecule has 0 heterocycles. The van der Waals surface area contributed by atoms with Crippen molar-refractivity contribution in [3.63, 3.8) is 0 Å². The van der Waals surface area contributed by atoms with Gasteiger partial charge < -0.3 is 14.9 Å². The first kappa shape index (κ1) is 13.4. The van der Waals surface area contributed by atoms with Crippen LogP contribution in [0.15, 0.2) is 54.6 Å². The fourth-order valence-electron chi connectivity index (χ4n) is 1.91.